The van der Waals surface area contributed by atoms with Crippen molar-refractivity contribution in [3.63, 3.8) is 0 Å². The molecule has 1 amide bonds. The van der Waals surface area contributed by atoms with Gasteiger partial charge in [0.05, 0.1) is 23.4 Å². The van der Waals surface area contributed by atoms with Gasteiger partial charge in [0, 0.05) is 12.8 Å². The molecule has 2 unspecified atom stereocenters. The first kappa shape index (κ1) is 12.0. The number of rotatable bonds is 2. The summed E-state index contributed by atoms with van der Waals surface area (Å²) in [6, 6.07) is 1.37. The van der Waals surface area contributed by atoms with Crippen molar-refractivity contribution in [2.24, 2.45) is 0 Å². The fourth-order valence-electron chi connectivity index (χ4n) is 1.89. The summed E-state index contributed by atoms with van der Waals surface area (Å²) < 4.78 is 18.8. The molecule has 1 aliphatic heterocycles. The average Bonchev–Trinajstić information content (AvgIpc) is 2.59. The number of carbonyl (C=O) groups is 1. The molecule has 4 nitrogen and oxygen atoms in total. The smallest absolute Gasteiger partial charge is 0.254 e. The molecule has 0 radical (unpaired) electrons. The van der Waals surface area contributed by atoms with Gasteiger partial charge in [-0.2, -0.15) is 0 Å². The first-order chi connectivity index (χ1) is 8.03. The van der Waals surface area contributed by atoms with Crippen LogP contribution in [0.5, 0.6) is 0 Å². The molecule has 92 valence electrons. The van der Waals surface area contributed by atoms with Crippen molar-refractivity contribution < 1.29 is 13.9 Å². The summed E-state index contributed by atoms with van der Waals surface area (Å²) in [5.41, 5.74) is -0.424. The van der Waals surface area contributed by atoms with Gasteiger partial charge in [-0.1, -0.05) is 0 Å². The zero-order chi connectivity index (χ0) is 12.5. The van der Waals surface area contributed by atoms with Crippen molar-refractivity contribution in [2.45, 2.75) is 31.9 Å². The molecule has 17 heavy (non-hydrogen) atoms. The van der Waals surface area contributed by atoms with Gasteiger partial charge in [-0.3, -0.25) is 9.78 Å². The number of pyridine rings is 1. The summed E-state index contributed by atoms with van der Waals surface area (Å²) in [7, 11) is 0. The third-order valence-corrected chi connectivity index (χ3v) is 3.30. The molecular weight excluding hydrogens is 223 g/mol. The Balaban J connectivity index is 2.15. The fourth-order valence-corrected chi connectivity index (χ4v) is 1.89. The molecule has 1 saturated heterocycles. The number of ether oxygens (including phenoxy) is 1. The van der Waals surface area contributed by atoms with Crippen LogP contribution >= 0.6 is 0 Å². The summed E-state index contributed by atoms with van der Waals surface area (Å²) in [5, 5.41) is 2.83. The van der Waals surface area contributed by atoms with Gasteiger partial charge in [-0.15, -0.1) is 0 Å². The Morgan fingerprint density at radius 3 is 3.06 bits per heavy atom. The average molecular weight is 238 g/mol. The lowest BCUT2D eigenvalue weighted by Gasteiger charge is -2.28. The molecule has 0 bridgehead atoms. The van der Waals surface area contributed by atoms with E-state index in [0.29, 0.717) is 6.61 Å². The Kier molecular flexibility index (Phi) is 3.11. The molecule has 2 heterocycles. The summed E-state index contributed by atoms with van der Waals surface area (Å²) in [6.45, 7) is 4.41. The minimum Gasteiger partial charge on any atom is -0.376 e. The lowest BCUT2D eigenvalue weighted by atomic mass is 9.94. The number of amides is 1. The number of nitrogens with zero attached hydrogens (tertiary/aromatic N) is 1. The highest BCUT2D eigenvalue weighted by atomic mass is 19.1. The second kappa shape index (κ2) is 4.41. The van der Waals surface area contributed by atoms with Crippen LogP contribution in [0.3, 0.4) is 0 Å². The number of hydrogen-bond donors (Lipinski definition) is 1. The van der Waals surface area contributed by atoms with Crippen molar-refractivity contribution in [2.75, 3.05) is 6.61 Å². The zero-order valence-corrected chi connectivity index (χ0v) is 9.87. The molecule has 0 aromatic carbocycles. The minimum absolute atomic E-state index is 0.0142. The van der Waals surface area contributed by atoms with Crippen molar-refractivity contribution in [3.8, 4) is 0 Å². The van der Waals surface area contributed by atoms with Crippen LogP contribution in [0.25, 0.3) is 0 Å². The Morgan fingerprint density at radius 1 is 1.71 bits per heavy atom. The number of hydrogen-bond acceptors (Lipinski definition) is 3. The van der Waals surface area contributed by atoms with E-state index in [1.54, 1.807) is 0 Å². The molecule has 5 heteroatoms. The first-order valence-corrected chi connectivity index (χ1v) is 5.56. The van der Waals surface area contributed by atoms with E-state index in [0.717, 1.165) is 12.6 Å². The van der Waals surface area contributed by atoms with Gasteiger partial charge >= 0.3 is 0 Å². The molecule has 1 aromatic rings. The van der Waals surface area contributed by atoms with Crippen LogP contribution in [0.1, 0.15) is 30.6 Å². The minimum atomic E-state index is -0.611. The van der Waals surface area contributed by atoms with Gasteiger partial charge in [0.1, 0.15) is 0 Å². The van der Waals surface area contributed by atoms with E-state index in [2.05, 4.69) is 10.3 Å². The summed E-state index contributed by atoms with van der Waals surface area (Å²) in [6.07, 6.45) is 3.09. The number of halogens is 1. The van der Waals surface area contributed by atoms with Crippen LogP contribution < -0.4 is 5.32 Å². The highest BCUT2D eigenvalue weighted by molar-refractivity contribution is 5.94. The normalized spacial score (nSPS) is 28.1. The van der Waals surface area contributed by atoms with E-state index in [4.69, 9.17) is 4.74 Å². The van der Waals surface area contributed by atoms with E-state index >= 15 is 0 Å². The highest BCUT2D eigenvalue weighted by Crippen LogP contribution is 2.25. The topological polar surface area (TPSA) is 51.2 Å². The number of aromatic nitrogens is 1. The molecule has 1 N–H and O–H groups in total. The Labute approximate surface area is 99.2 Å². The molecular formula is C12H15FN2O2. The van der Waals surface area contributed by atoms with Crippen molar-refractivity contribution in [1.29, 1.82) is 0 Å². The predicted molar refractivity (Wildman–Crippen MR) is 60.1 cm³/mol. The van der Waals surface area contributed by atoms with Crippen LogP contribution in [0.2, 0.25) is 0 Å². The van der Waals surface area contributed by atoms with Crippen LogP contribution in [0.4, 0.5) is 4.39 Å². The molecule has 0 spiro atoms. The third-order valence-electron chi connectivity index (χ3n) is 3.30. The second-order valence-corrected chi connectivity index (χ2v) is 4.49. The molecule has 2 atom stereocenters. The summed E-state index contributed by atoms with van der Waals surface area (Å²) >= 11 is 0. The van der Waals surface area contributed by atoms with Crippen LogP contribution in [-0.2, 0) is 4.74 Å². The predicted octanol–water partition coefficient (Wildman–Crippen LogP) is 1.52. The largest absolute Gasteiger partial charge is 0.376 e. The summed E-state index contributed by atoms with van der Waals surface area (Å²) in [4.78, 5) is 15.5. The van der Waals surface area contributed by atoms with E-state index < -0.39 is 17.3 Å². The van der Waals surface area contributed by atoms with Crippen LogP contribution in [0.15, 0.2) is 18.5 Å². The maximum absolute atomic E-state index is 13.4. The van der Waals surface area contributed by atoms with Crippen LogP contribution in [0, 0.1) is 5.82 Å². The monoisotopic (exact) mass is 238 g/mol. The quantitative estimate of drug-likeness (QED) is 0.849. The Hall–Kier alpha value is -1.49. The fraction of sp³-hybridized carbons (Fsp3) is 0.500. The van der Waals surface area contributed by atoms with Crippen molar-refractivity contribution >= 4 is 5.91 Å². The molecule has 0 saturated carbocycles. The van der Waals surface area contributed by atoms with Gasteiger partial charge in [-0.05, 0) is 26.3 Å². The molecule has 0 aliphatic carbocycles. The lowest BCUT2D eigenvalue weighted by molar-refractivity contribution is 0.0724. The maximum Gasteiger partial charge on any atom is 0.254 e. The highest BCUT2D eigenvalue weighted by Gasteiger charge is 2.38. The number of nitrogens with one attached hydrogen (secondary N) is 1. The van der Waals surface area contributed by atoms with Crippen LogP contribution in [-0.4, -0.2) is 29.1 Å². The SMILES string of the molecule is CC1OCCC1(C)NC(=O)c1ccncc1F. The molecule has 1 aromatic heterocycles. The Morgan fingerprint density at radius 2 is 2.47 bits per heavy atom. The Bertz CT molecular complexity index is 438. The van der Waals surface area contributed by atoms with Gasteiger partial charge in [0.2, 0.25) is 0 Å². The van der Waals surface area contributed by atoms with Gasteiger partial charge in [-0.25, -0.2) is 4.39 Å². The molecule has 1 fully saturated rings. The van der Waals surface area contributed by atoms with E-state index in [1.807, 2.05) is 13.8 Å². The zero-order valence-electron chi connectivity index (χ0n) is 9.87. The molecule has 1 aliphatic rings. The third kappa shape index (κ3) is 2.29. The standard InChI is InChI=1S/C12H15FN2O2/c1-8-12(2,4-6-17-8)15-11(16)9-3-5-14-7-10(9)13/h3,5,7-8H,4,6H2,1-2H3,(H,15,16). The van der Waals surface area contributed by atoms with Gasteiger partial charge in [0.25, 0.3) is 5.91 Å². The van der Waals surface area contributed by atoms with E-state index in [-0.39, 0.29) is 11.7 Å². The van der Waals surface area contributed by atoms with Crippen molar-refractivity contribution in [3.05, 3.63) is 29.8 Å². The van der Waals surface area contributed by atoms with E-state index in [9.17, 15) is 9.18 Å². The van der Waals surface area contributed by atoms with Crippen molar-refractivity contribution in [1.82, 2.24) is 10.3 Å². The maximum atomic E-state index is 13.4. The number of carbonyl (C=O) groups excluding carboxylic acids is 1. The van der Waals surface area contributed by atoms with Gasteiger partial charge < -0.3 is 10.1 Å². The molecule has 2 rings (SSSR count). The lowest BCUT2D eigenvalue weighted by Crippen LogP contribution is -2.50. The summed E-state index contributed by atoms with van der Waals surface area (Å²) in [5.74, 6) is -1.04. The second-order valence-electron chi connectivity index (χ2n) is 4.49. The van der Waals surface area contributed by atoms with Gasteiger partial charge in [0.15, 0.2) is 5.82 Å². The van der Waals surface area contributed by atoms with E-state index in [1.165, 1.54) is 12.3 Å². The first-order valence-electron chi connectivity index (χ1n) is 5.56.